The fourth-order valence-electron chi connectivity index (χ4n) is 4.35. The molecule has 0 bridgehead atoms. The number of nitrogens with zero attached hydrogens (tertiary/aromatic N) is 1. The normalized spacial score (nSPS) is 14.8. The van der Waals surface area contributed by atoms with Gasteiger partial charge in [-0.3, -0.25) is 9.59 Å². The molecule has 0 saturated heterocycles. The first-order chi connectivity index (χ1) is 15.4. The van der Waals surface area contributed by atoms with Gasteiger partial charge < -0.3 is 15.6 Å². The molecule has 1 aliphatic carbocycles. The maximum Gasteiger partial charge on any atom is 0.253 e. The second kappa shape index (κ2) is 8.02. The lowest BCUT2D eigenvalue weighted by molar-refractivity contribution is 0.444. The number of aromatic nitrogens is 2. The van der Waals surface area contributed by atoms with Gasteiger partial charge in [-0.05, 0) is 42.5 Å². The zero-order valence-electron chi connectivity index (χ0n) is 16.9. The number of halogens is 3. The van der Waals surface area contributed by atoms with E-state index in [4.69, 9.17) is 11.6 Å². The summed E-state index contributed by atoms with van der Waals surface area (Å²) in [6.45, 7) is 0. The molecule has 0 aliphatic heterocycles. The third-order valence-corrected chi connectivity index (χ3v) is 6.38. The van der Waals surface area contributed by atoms with Crippen molar-refractivity contribution in [2.24, 2.45) is 0 Å². The molecular weight excluding hydrogens is 438 g/mol. The van der Waals surface area contributed by atoms with Gasteiger partial charge in [0.1, 0.15) is 16.9 Å². The Bertz CT molecular complexity index is 1400. The van der Waals surface area contributed by atoms with Gasteiger partial charge in [-0.1, -0.05) is 30.9 Å². The highest BCUT2D eigenvalue weighted by atomic mass is 35.5. The number of H-pyrrole nitrogens is 1. The average Bonchev–Trinajstić information content (AvgIpc) is 3.19. The summed E-state index contributed by atoms with van der Waals surface area (Å²) in [6.07, 6.45) is 7.12. The number of rotatable bonds is 5. The second-order valence-electron chi connectivity index (χ2n) is 8.09. The summed E-state index contributed by atoms with van der Waals surface area (Å²) in [5.74, 6) is -1.96. The smallest absolute Gasteiger partial charge is 0.253 e. The second-order valence-corrected chi connectivity index (χ2v) is 8.50. The number of nitrogens with one attached hydrogen (secondary N) is 3. The summed E-state index contributed by atoms with van der Waals surface area (Å²) < 4.78 is 27.0. The van der Waals surface area contributed by atoms with Crippen molar-refractivity contribution in [3.8, 4) is 0 Å². The van der Waals surface area contributed by atoms with Crippen molar-refractivity contribution in [3.63, 3.8) is 0 Å². The van der Waals surface area contributed by atoms with Crippen LogP contribution in [0.25, 0.3) is 11.0 Å². The summed E-state index contributed by atoms with van der Waals surface area (Å²) in [5, 5.41) is 6.53. The monoisotopic (exact) mass is 456 g/mol. The summed E-state index contributed by atoms with van der Waals surface area (Å²) in [5.41, 5.74) is 1.09. The highest BCUT2D eigenvalue weighted by Gasteiger charge is 2.24. The van der Waals surface area contributed by atoms with Crippen LogP contribution in [0.3, 0.4) is 0 Å². The SMILES string of the molecule is O=c1c(Nc2ccc(Cl)c(C3CCCCC3)c2)c(Nc2c[nH]c3cc(F)c(F)nc23)c1=O. The van der Waals surface area contributed by atoms with Gasteiger partial charge in [-0.15, -0.1) is 0 Å². The predicted octanol–water partition coefficient (Wildman–Crippen LogP) is 5.63. The van der Waals surface area contributed by atoms with Gasteiger partial charge in [0.2, 0.25) is 5.95 Å². The molecule has 2 aromatic heterocycles. The van der Waals surface area contributed by atoms with E-state index in [0.29, 0.717) is 16.6 Å². The van der Waals surface area contributed by atoms with E-state index in [1.54, 1.807) is 12.1 Å². The largest absolute Gasteiger partial charge is 0.358 e. The van der Waals surface area contributed by atoms with Crippen molar-refractivity contribution in [1.82, 2.24) is 9.97 Å². The van der Waals surface area contributed by atoms with Crippen LogP contribution >= 0.6 is 11.6 Å². The van der Waals surface area contributed by atoms with Gasteiger partial charge in [0, 0.05) is 23.0 Å². The van der Waals surface area contributed by atoms with Crippen LogP contribution in [0.1, 0.15) is 43.6 Å². The van der Waals surface area contributed by atoms with Gasteiger partial charge in [-0.2, -0.15) is 4.39 Å². The van der Waals surface area contributed by atoms with E-state index in [1.165, 1.54) is 12.6 Å². The van der Waals surface area contributed by atoms with Crippen LogP contribution in [-0.2, 0) is 0 Å². The Kier molecular flexibility index (Phi) is 5.17. The van der Waals surface area contributed by atoms with Gasteiger partial charge in [0.05, 0.1) is 11.2 Å². The minimum atomic E-state index is -1.25. The van der Waals surface area contributed by atoms with E-state index in [0.717, 1.165) is 37.3 Å². The molecule has 164 valence electrons. The molecular formula is C23H19ClF2N4O2. The fourth-order valence-corrected chi connectivity index (χ4v) is 4.62. The summed E-state index contributed by atoms with van der Waals surface area (Å²) in [4.78, 5) is 30.8. The third kappa shape index (κ3) is 3.54. The highest BCUT2D eigenvalue weighted by Crippen LogP contribution is 2.38. The van der Waals surface area contributed by atoms with Crippen LogP contribution in [0.4, 0.5) is 31.5 Å². The predicted molar refractivity (Wildman–Crippen MR) is 121 cm³/mol. The van der Waals surface area contributed by atoms with Crippen LogP contribution in [0.5, 0.6) is 0 Å². The Morgan fingerprint density at radius 3 is 2.47 bits per heavy atom. The lowest BCUT2D eigenvalue weighted by Gasteiger charge is -2.24. The van der Waals surface area contributed by atoms with E-state index in [1.807, 2.05) is 6.07 Å². The number of aromatic amines is 1. The number of hydrogen-bond acceptors (Lipinski definition) is 5. The molecule has 1 saturated carbocycles. The Morgan fingerprint density at radius 2 is 1.72 bits per heavy atom. The van der Waals surface area contributed by atoms with E-state index in [2.05, 4.69) is 20.6 Å². The van der Waals surface area contributed by atoms with Gasteiger partial charge in [-0.25, -0.2) is 9.37 Å². The van der Waals surface area contributed by atoms with Gasteiger partial charge >= 0.3 is 0 Å². The number of benzene rings is 1. The number of fused-ring (bicyclic) bond motifs is 1. The molecule has 1 fully saturated rings. The van der Waals surface area contributed by atoms with Crippen LogP contribution < -0.4 is 21.5 Å². The van der Waals surface area contributed by atoms with Crippen molar-refractivity contribution in [2.45, 2.75) is 38.0 Å². The maximum atomic E-state index is 13.6. The van der Waals surface area contributed by atoms with Crippen LogP contribution in [0.2, 0.25) is 5.02 Å². The standard InChI is InChI=1S/C23H19ClF2N4O2/c24-14-7-6-12(8-13(14)11-4-2-1-3-5-11)28-19-20(22(32)21(19)31)29-17-10-27-16-9-15(25)23(26)30-18(16)17/h6-11,27-29H,1-5H2. The van der Waals surface area contributed by atoms with E-state index < -0.39 is 22.6 Å². The van der Waals surface area contributed by atoms with Crippen molar-refractivity contribution in [1.29, 1.82) is 0 Å². The summed E-state index contributed by atoms with van der Waals surface area (Å²) in [7, 11) is 0. The lowest BCUT2D eigenvalue weighted by Crippen LogP contribution is -2.35. The zero-order chi connectivity index (χ0) is 22.4. The first-order valence-corrected chi connectivity index (χ1v) is 10.8. The lowest BCUT2D eigenvalue weighted by atomic mass is 9.84. The van der Waals surface area contributed by atoms with Crippen molar-refractivity contribution in [2.75, 3.05) is 10.6 Å². The molecule has 0 amide bonds. The quantitative estimate of drug-likeness (QED) is 0.268. The Labute approximate surface area is 186 Å². The molecule has 32 heavy (non-hydrogen) atoms. The number of pyridine rings is 1. The van der Waals surface area contributed by atoms with E-state index in [9.17, 15) is 18.4 Å². The Balaban J connectivity index is 1.44. The van der Waals surface area contributed by atoms with Gasteiger partial charge in [0.25, 0.3) is 10.9 Å². The molecule has 6 nitrogen and oxygen atoms in total. The first kappa shape index (κ1) is 20.6. The minimum Gasteiger partial charge on any atom is -0.358 e. The van der Waals surface area contributed by atoms with Crippen LogP contribution in [-0.4, -0.2) is 9.97 Å². The maximum absolute atomic E-state index is 13.6. The minimum absolute atomic E-state index is 0.0385. The molecule has 5 rings (SSSR count). The molecule has 9 heteroatoms. The van der Waals surface area contributed by atoms with E-state index in [-0.39, 0.29) is 28.1 Å². The molecule has 0 unspecified atom stereocenters. The van der Waals surface area contributed by atoms with Gasteiger partial charge in [0.15, 0.2) is 5.82 Å². The zero-order valence-corrected chi connectivity index (χ0v) is 17.7. The van der Waals surface area contributed by atoms with Crippen molar-refractivity contribution < 1.29 is 8.78 Å². The molecule has 2 heterocycles. The molecule has 4 aromatic rings. The molecule has 3 N–H and O–H groups in total. The topological polar surface area (TPSA) is 86.9 Å². The van der Waals surface area contributed by atoms with Crippen molar-refractivity contribution >= 4 is 45.4 Å². The molecule has 0 radical (unpaired) electrons. The first-order valence-electron chi connectivity index (χ1n) is 10.4. The number of anilines is 4. The molecule has 2 aromatic carbocycles. The average molecular weight is 457 g/mol. The Morgan fingerprint density at radius 1 is 1.00 bits per heavy atom. The fraction of sp³-hybridized carbons (Fsp3) is 0.261. The van der Waals surface area contributed by atoms with Crippen molar-refractivity contribution in [3.05, 3.63) is 73.3 Å². The number of hydrogen-bond donors (Lipinski definition) is 3. The Hall–Kier alpha value is -3.26. The molecule has 0 spiro atoms. The van der Waals surface area contributed by atoms with Crippen LogP contribution in [0.15, 0.2) is 40.1 Å². The highest BCUT2D eigenvalue weighted by molar-refractivity contribution is 6.31. The van der Waals surface area contributed by atoms with E-state index >= 15 is 0 Å². The summed E-state index contributed by atoms with van der Waals surface area (Å²) >= 11 is 6.43. The molecule has 1 aliphatic rings. The van der Waals surface area contributed by atoms with Crippen LogP contribution in [0, 0.1) is 11.8 Å². The summed E-state index contributed by atoms with van der Waals surface area (Å²) in [6, 6.07) is 6.43. The molecule has 0 atom stereocenters. The third-order valence-electron chi connectivity index (χ3n) is 6.04.